The molecule has 0 aromatic heterocycles. The fourth-order valence-corrected chi connectivity index (χ4v) is 3.96. The second-order valence-electron chi connectivity index (χ2n) is 5.83. The Labute approximate surface area is 121 Å². The van der Waals surface area contributed by atoms with E-state index < -0.39 is 0 Å². The van der Waals surface area contributed by atoms with Crippen LogP contribution < -0.4 is 10.6 Å². The number of hydrogen-bond acceptors (Lipinski definition) is 4. The first-order valence-corrected chi connectivity index (χ1v) is 8.56. The van der Waals surface area contributed by atoms with Gasteiger partial charge < -0.3 is 15.5 Å². The lowest BCUT2D eigenvalue weighted by molar-refractivity contribution is -0.118. The molecule has 0 spiro atoms. The van der Waals surface area contributed by atoms with Crippen LogP contribution in [0.3, 0.4) is 0 Å². The van der Waals surface area contributed by atoms with Crippen LogP contribution in [-0.4, -0.2) is 61.6 Å². The predicted molar refractivity (Wildman–Crippen MR) is 81.6 cm³/mol. The summed E-state index contributed by atoms with van der Waals surface area (Å²) in [5.74, 6) is 1.50. The van der Waals surface area contributed by atoms with E-state index in [9.17, 15) is 4.79 Å². The van der Waals surface area contributed by atoms with Gasteiger partial charge in [-0.3, -0.25) is 4.79 Å². The fourth-order valence-electron chi connectivity index (χ4n) is 2.90. The summed E-state index contributed by atoms with van der Waals surface area (Å²) >= 11 is 1.83. The van der Waals surface area contributed by atoms with Crippen LogP contribution in [0.15, 0.2) is 0 Å². The second-order valence-corrected chi connectivity index (χ2v) is 7.12. The third kappa shape index (κ3) is 5.71. The van der Waals surface area contributed by atoms with Crippen molar-refractivity contribution in [1.29, 1.82) is 0 Å². The van der Waals surface area contributed by atoms with E-state index in [0.717, 1.165) is 26.2 Å². The number of hydrogen-bond donors (Lipinski definition) is 2. The van der Waals surface area contributed by atoms with Gasteiger partial charge in [0, 0.05) is 18.3 Å². The van der Waals surface area contributed by atoms with Gasteiger partial charge in [0.2, 0.25) is 5.91 Å². The van der Waals surface area contributed by atoms with Crippen molar-refractivity contribution in [2.24, 2.45) is 5.92 Å². The standard InChI is InChI=1S/C14H27N3OS/c1-17-8-2-3-12(10-17)9-16-14(18)11-19-13-4-6-15-7-5-13/h12-13,15H,2-11H2,1H3,(H,16,18). The highest BCUT2D eigenvalue weighted by Gasteiger charge is 2.18. The van der Waals surface area contributed by atoms with Gasteiger partial charge >= 0.3 is 0 Å². The quantitative estimate of drug-likeness (QED) is 0.789. The molecule has 2 aliphatic heterocycles. The zero-order valence-corrected chi connectivity index (χ0v) is 12.8. The van der Waals surface area contributed by atoms with E-state index in [0.29, 0.717) is 16.9 Å². The molecule has 1 atom stereocenters. The number of nitrogens with one attached hydrogen (secondary N) is 2. The smallest absolute Gasteiger partial charge is 0.230 e. The molecule has 0 saturated carbocycles. The van der Waals surface area contributed by atoms with Gasteiger partial charge in [0.15, 0.2) is 0 Å². The van der Waals surface area contributed by atoms with E-state index in [1.807, 2.05) is 11.8 Å². The lowest BCUT2D eigenvalue weighted by Crippen LogP contribution is -2.39. The first kappa shape index (κ1) is 15.1. The molecule has 2 heterocycles. The molecule has 1 amide bonds. The molecule has 0 radical (unpaired) electrons. The molecule has 0 aliphatic carbocycles. The minimum Gasteiger partial charge on any atom is -0.355 e. The van der Waals surface area contributed by atoms with Crippen LogP contribution in [0, 0.1) is 5.92 Å². The molecule has 2 fully saturated rings. The summed E-state index contributed by atoms with van der Waals surface area (Å²) in [6, 6.07) is 0. The first-order valence-electron chi connectivity index (χ1n) is 7.51. The minimum atomic E-state index is 0.219. The van der Waals surface area contributed by atoms with Gasteiger partial charge in [0.05, 0.1) is 5.75 Å². The number of likely N-dealkylation sites (tertiary alicyclic amines) is 1. The Bertz CT molecular complexity index is 282. The maximum absolute atomic E-state index is 11.8. The van der Waals surface area contributed by atoms with E-state index >= 15 is 0 Å². The van der Waals surface area contributed by atoms with Crippen LogP contribution in [-0.2, 0) is 4.79 Å². The third-order valence-electron chi connectivity index (χ3n) is 4.05. The minimum absolute atomic E-state index is 0.219. The van der Waals surface area contributed by atoms with Crippen LogP contribution in [0.4, 0.5) is 0 Å². The Morgan fingerprint density at radius 2 is 2.16 bits per heavy atom. The fraction of sp³-hybridized carbons (Fsp3) is 0.929. The molecule has 19 heavy (non-hydrogen) atoms. The summed E-state index contributed by atoms with van der Waals surface area (Å²) in [6.07, 6.45) is 4.92. The van der Waals surface area contributed by atoms with Crippen molar-refractivity contribution in [3.05, 3.63) is 0 Å². The number of amides is 1. The van der Waals surface area contributed by atoms with Crippen molar-refractivity contribution in [2.75, 3.05) is 45.5 Å². The molecule has 4 nitrogen and oxygen atoms in total. The molecule has 1 unspecified atom stereocenters. The lowest BCUT2D eigenvalue weighted by Gasteiger charge is -2.29. The van der Waals surface area contributed by atoms with E-state index in [-0.39, 0.29) is 5.91 Å². The molecule has 2 rings (SSSR count). The third-order valence-corrected chi connectivity index (χ3v) is 5.42. The highest BCUT2D eigenvalue weighted by atomic mass is 32.2. The van der Waals surface area contributed by atoms with E-state index in [4.69, 9.17) is 0 Å². The van der Waals surface area contributed by atoms with E-state index in [2.05, 4.69) is 22.6 Å². The van der Waals surface area contributed by atoms with Gasteiger partial charge in [-0.15, -0.1) is 11.8 Å². The Kier molecular flexibility index (Phi) is 6.47. The molecule has 0 bridgehead atoms. The van der Waals surface area contributed by atoms with Gasteiger partial charge in [-0.2, -0.15) is 0 Å². The van der Waals surface area contributed by atoms with Gasteiger partial charge in [0.25, 0.3) is 0 Å². The van der Waals surface area contributed by atoms with Crippen molar-refractivity contribution in [1.82, 2.24) is 15.5 Å². The molecule has 0 aromatic rings. The van der Waals surface area contributed by atoms with E-state index in [1.165, 1.54) is 32.2 Å². The predicted octanol–water partition coefficient (Wildman–Crippen LogP) is 0.930. The van der Waals surface area contributed by atoms with Crippen LogP contribution in [0.25, 0.3) is 0 Å². The molecule has 2 aliphatic rings. The maximum atomic E-state index is 11.8. The summed E-state index contributed by atoms with van der Waals surface area (Å²) in [4.78, 5) is 14.2. The molecule has 2 saturated heterocycles. The molecular formula is C14H27N3OS. The Morgan fingerprint density at radius 1 is 1.37 bits per heavy atom. The highest BCUT2D eigenvalue weighted by molar-refractivity contribution is 8.00. The van der Waals surface area contributed by atoms with Crippen LogP contribution >= 0.6 is 11.8 Å². The first-order chi connectivity index (χ1) is 9.24. The van der Waals surface area contributed by atoms with Gasteiger partial charge in [-0.25, -0.2) is 0 Å². The second kappa shape index (κ2) is 8.12. The Hall–Kier alpha value is -0.260. The van der Waals surface area contributed by atoms with Crippen molar-refractivity contribution in [2.45, 2.75) is 30.9 Å². The number of carbonyl (C=O) groups excluding carboxylic acids is 1. The lowest BCUT2D eigenvalue weighted by atomic mass is 9.98. The van der Waals surface area contributed by atoms with Gasteiger partial charge in [0.1, 0.15) is 0 Å². The van der Waals surface area contributed by atoms with Crippen LogP contribution in [0.1, 0.15) is 25.7 Å². The molecule has 5 heteroatoms. The summed E-state index contributed by atoms with van der Waals surface area (Å²) in [6.45, 7) is 5.40. The van der Waals surface area contributed by atoms with E-state index in [1.54, 1.807) is 0 Å². The van der Waals surface area contributed by atoms with Gasteiger partial charge in [-0.05, 0) is 58.3 Å². The van der Waals surface area contributed by atoms with Crippen LogP contribution in [0.5, 0.6) is 0 Å². The Morgan fingerprint density at radius 3 is 2.89 bits per heavy atom. The molecule has 0 aromatic carbocycles. The monoisotopic (exact) mass is 285 g/mol. The number of thioether (sulfide) groups is 1. The number of nitrogens with zero attached hydrogens (tertiary/aromatic N) is 1. The maximum Gasteiger partial charge on any atom is 0.230 e. The topological polar surface area (TPSA) is 44.4 Å². The number of rotatable bonds is 5. The molecule has 2 N–H and O–H groups in total. The highest BCUT2D eigenvalue weighted by Crippen LogP contribution is 2.19. The summed E-state index contributed by atoms with van der Waals surface area (Å²) in [7, 11) is 2.17. The molecular weight excluding hydrogens is 258 g/mol. The zero-order chi connectivity index (χ0) is 13.5. The van der Waals surface area contributed by atoms with Crippen molar-refractivity contribution >= 4 is 17.7 Å². The SMILES string of the molecule is CN1CCCC(CNC(=O)CSC2CCNCC2)C1. The number of carbonyl (C=O) groups is 1. The largest absolute Gasteiger partial charge is 0.355 e. The zero-order valence-electron chi connectivity index (χ0n) is 12.0. The number of piperidine rings is 2. The molecule has 110 valence electrons. The average molecular weight is 285 g/mol. The summed E-state index contributed by atoms with van der Waals surface area (Å²) in [5, 5.41) is 7.14. The van der Waals surface area contributed by atoms with Crippen LogP contribution in [0.2, 0.25) is 0 Å². The van der Waals surface area contributed by atoms with Gasteiger partial charge in [-0.1, -0.05) is 0 Å². The normalized spacial score (nSPS) is 26.3. The summed E-state index contributed by atoms with van der Waals surface area (Å²) < 4.78 is 0. The summed E-state index contributed by atoms with van der Waals surface area (Å²) in [5.41, 5.74) is 0. The Balaban J connectivity index is 1.56. The van der Waals surface area contributed by atoms with Crippen molar-refractivity contribution in [3.8, 4) is 0 Å². The average Bonchev–Trinajstić information content (AvgIpc) is 2.44. The van der Waals surface area contributed by atoms with Crippen molar-refractivity contribution in [3.63, 3.8) is 0 Å². The van der Waals surface area contributed by atoms with Crippen molar-refractivity contribution < 1.29 is 4.79 Å².